The number of anilines is 1. The van der Waals surface area contributed by atoms with E-state index in [9.17, 15) is 4.79 Å². The lowest BCUT2D eigenvalue weighted by atomic mass is 9.97. The Labute approximate surface area is 175 Å². The van der Waals surface area contributed by atoms with Crippen LogP contribution in [0.5, 0.6) is 0 Å². The van der Waals surface area contributed by atoms with Crippen LogP contribution in [0.1, 0.15) is 24.0 Å². The fourth-order valence-corrected chi connectivity index (χ4v) is 4.05. The Kier molecular flexibility index (Phi) is 5.92. The zero-order chi connectivity index (χ0) is 20.2. The van der Waals surface area contributed by atoms with Gasteiger partial charge in [-0.3, -0.25) is 9.69 Å². The SMILES string of the molecule is NC(=O)C1CCCN(Cc2cccc(CNc3ncnc4cc(Cl)ccc34)c2)C1. The van der Waals surface area contributed by atoms with E-state index in [0.717, 1.165) is 49.2 Å². The maximum absolute atomic E-state index is 11.5. The molecule has 1 fully saturated rings. The lowest BCUT2D eigenvalue weighted by Crippen LogP contribution is -2.40. The predicted molar refractivity (Wildman–Crippen MR) is 116 cm³/mol. The van der Waals surface area contributed by atoms with Gasteiger partial charge in [0.25, 0.3) is 0 Å². The Hall–Kier alpha value is -2.70. The van der Waals surface area contributed by atoms with Crippen molar-refractivity contribution in [3.63, 3.8) is 0 Å². The first-order chi connectivity index (χ1) is 14.1. The number of benzene rings is 2. The van der Waals surface area contributed by atoms with E-state index in [4.69, 9.17) is 17.3 Å². The van der Waals surface area contributed by atoms with Crippen molar-refractivity contribution >= 4 is 34.2 Å². The molecule has 2 aromatic carbocycles. The second-order valence-electron chi connectivity index (χ2n) is 7.53. The maximum Gasteiger partial charge on any atom is 0.221 e. The summed E-state index contributed by atoms with van der Waals surface area (Å²) in [7, 11) is 0. The summed E-state index contributed by atoms with van der Waals surface area (Å²) in [5.41, 5.74) is 8.72. The van der Waals surface area contributed by atoms with Crippen LogP contribution in [0.15, 0.2) is 48.8 Å². The molecule has 1 aliphatic heterocycles. The van der Waals surface area contributed by atoms with Gasteiger partial charge in [-0.2, -0.15) is 0 Å². The number of nitrogens with two attached hydrogens (primary N) is 1. The molecule has 3 N–H and O–H groups in total. The molecule has 0 aliphatic carbocycles. The first-order valence-electron chi connectivity index (χ1n) is 9.82. The summed E-state index contributed by atoms with van der Waals surface area (Å²) >= 11 is 6.06. The van der Waals surface area contributed by atoms with Crippen molar-refractivity contribution in [2.45, 2.75) is 25.9 Å². The summed E-state index contributed by atoms with van der Waals surface area (Å²) < 4.78 is 0. The Bertz CT molecular complexity index is 1030. The smallest absolute Gasteiger partial charge is 0.221 e. The Morgan fingerprint density at radius 1 is 1.21 bits per heavy atom. The van der Waals surface area contributed by atoms with Crippen LogP contribution in [-0.4, -0.2) is 33.9 Å². The van der Waals surface area contributed by atoms with E-state index in [0.29, 0.717) is 11.6 Å². The van der Waals surface area contributed by atoms with Crippen molar-refractivity contribution < 1.29 is 4.79 Å². The van der Waals surface area contributed by atoms with Crippen LogP contribution in [0, 0.1) is 5.92 Å². The average molecular weight is 410 g/mol. The zero-order valence-corrected chi connectivity index (χ0v) is 16.9. The quantitative estimate of drug-likeness (QED) is 0.649. The molecule has 4 rings (SSSR count). The van der Waals surface area contributed by atoms with Crippen molar-refractivity contribution in [2.24, 2.45) is 11.7 Å². The molecule has 0 bridgehead atoms. The lowest BCUT2D eigenvalue weighted by molar-refractivity contribution is -0.123. The molecule has 1 unspecified atom stereocenters. The van der Waals surface area contributed by atoms with Crippen molar-refractivity contribution in [1.29, 1.82) is 0 Å². The molecular weight excluding hydrogens is 386 g/mol. The van der Waals surface area contributed by atoms with Crippen LogP contribution < -0.4 is 11.1 Å². The van der Waals surface area contributed by atoms with E-state index in [1.807, 2.05) is 18.2 Å². The van der Waals surface area contributed by atoms with Crippen molar-refractivity contribution in [1.82, 2.24) is 14.9 Å². The van der Waals surface area contributed by atoms with E-state index >= 15 is 0 Å². The number of rotatable bonds is 6. The summed E-state index contributed by atoms with van der Waals surface area (Å²) in [6.45, 7) is 3.23. The van der Waals surface area contributed by atoms with Crippen molar-refractivity contribution in [2.75, 3.05) is 18.4 Å². The first kappa shape index (κ1) is 19.6. The topological polar surface area (TPSA) is 84.1 Å². The molecule has 7 heteroatoms. The summed E-state index contributed by atoms with van der Waals surface area (Å²) in [4.78, 5) is 22.5. The van der Waals surface area contributed by atoms with Gasteiger partial charge in [-0.05, 0) is 48.7 Å². The van der Waals surface area contributed by atoms with Gasteiger partial charge in [0.15, 0.2) is 0 Å². The summed E-state index contributed by atoms with van der Waals surface area (Å²) in [5, 5.41) is 5.01. The van der Waals surface area contributed by atoms with Gasteiger partial charge in [0.2, 0.25) is 5.91 Å². The standard InChI is InChI=1S/C22H24ClN5O/c23-18-6-7-19-20(10-18)26-14-27-22(19)25-11-15-3-1-4-16(9-15)12-28-8-2-5-17(13-28)21(24)29/h1,3-4,6-7,9-10,14,17H,2,5,8,11-13H2,(H2,24,29)(H,25,26,27). The highest BCUT2D eigenvalue weighted by atomic mass is 35.5. The minimum absolute atomic E-state index is 0.0341. The van der Waals surface area contributed by atoms with Gasteiger partial charge in [-0.15, -0.1) is 0 Å². The molecular formula is C22H24ClN5O. The first-order valence-corrected chi connectivity index (χ1v) is 10.2. The highest BCUT2D eigenvalue weighted by molar-refractivity contribution is 6.31. The number of carbonyl (C=O) groups excluding carboxylic acids is 1. The van der Waals surface area contributed by atoms with Gasteiger partial charge in [0.05, 0.1) is 11.4 Å². The predicted octanol–water partition coefficient (Wildman–Crippen LogP) is 3.59. The van der Waals surface area contributed by atoms with Crippen LogP contribution >= 0.6 is 11.6 Å². The van der Waals surface area contributed by atoms with E-state index in [-0.39, 0.29) is 11.8 Å². The minimum Gasteiger partial charge on any atom is -0.369 e. The number of hydrogen-bond acceptors (Lipinski definition) is 5. The number of amides is 1. The highest BCUT2D eigenvalue weighted by Crippen LogP contribution is 2.23. The zero-order valence-electron chi connectivity index (χ0n) is 16.1. The van der Waals surface area contributed by atoms with Crippen molar-refractivity contribution in [3.8, 4) is 0 Å². The van der Waals surface area contributed by atoms with Gasteiger partial charge in [-0.1, -0.05) is 35.9 Å². The third-order valence-electron chi connectivity index (χ3n) is 5.36. The van der Waals surface area contributed by atoms with E-state index < -0.39 is 0 Å². The summed E-state index contributed by atoms with van der Waals surface area (Å²) in [5.74, 6) is 0.566. The number of nitrogens with one attached hydrogen (secondary N) is 1. The maximum atomic E-state index is 11.5. The fourth-order valence-electron chi connectivity index (χ4n) is 3.88. The molecule has 3 aromatic rings. The fraction of sp³-hybridized carbons (Fsp3) is 0.318. The number of piperidine rings is 1. The number of fused-ring (bicyclic) bond motifs is 1. The molecule has 29 heavy (non-hydrogen) atoms. The van der Waals surface area contributed by atoms with Gasteiger partial charge in [-0.25, -0.2) is 9.97 Å². The number of primary amides is 1. The number of likely N-dealkylation sites (tertiary alicyclic amines) is 1. The molecule has 6 nitrogen and oxygen atoms in total. The van der Waals surface area contributed by atoms with Crippen LogP contribution in [0.3, 0.4) is 0 Å². The number of aromatic nitrogens is 2. The molecule has 0 spiro atoms. The number of halogens is 1. The summed E-state index contributed by atoms with van der Waals surface area (Å²) in [6, 6.07) is 14.1. The molecule has 1 atom stereocenters. The third kappa shape index (κ3) is 4.83. The normalized spacial score (nSPS) is 17.3. The molecule has 150 valence electrons. The number of carbonyl (C=O) groups is 1. The van der Waals surface area contributed by atoms with E-state index in [1.165, 1.54) is 11.1 Å². The molecule has 0 radical (unpaired) electrons. The molecule has 1 aromatic heterocycles. The van der Waals surface area contributed by atoms with Crippen LogP contribution in [0.25, 0.3) is 10.9 Å². The lowest BCUT2D eigenvalue weighted by Gasteiger charge is -2.31. The molecule has 1 saturated heterocycles. The minimum atomic E-state index is -0.189. The third-order valence-corrected chi connectivity index (χ3v) is 5.60. The van der Waals surface area contributed by atoms with E-state index in [2.05, 4.69) is 44.5 Å². The average Bonchev–Trinajstić information content (AvgIpc) is 2.72. The van der Waals surface area contributed by atoms with Gasteiger partial charge >= 0.3 is 0 Å². The highest BCUT2D eigenvalue weighted by Gasteiger charge is 2.23. The van der Waals surface area contributed by atoms with Crippen molar-refractivity contribution in [3.05, 3.63) is 64.9 Å². The van der Waals surface area contributed by atoms with Crippen LogP contribution in [-0.2, 0) is 17.9 Å². The van der Waals surface area contributed by atoms with E-state index in [1.54, 1.807) is 6.33 Å². The molecule has 1 amide bonds. The second kappa shape index (κ2) is 8.76. The number of hydrogen-bond donors (Lipinski definition) is 2. The molecule has 1 aliphatic rings. The van der Waals surface area contributed by atoms with Gasteiger partial charge < -0.3 is 11.1 Å². The number of nitrogens with zero attached hydrogens (tertiary/aromatic N) is 3. The van der Waals surface area contributed by atoms with Gasteiger partial charge in [0.1, 0.15) is 12.1 Å². The van der Waals surface area contributed by atoms with Crippen LogP contribution in [0.4, 0.5) is 5.82 Å². The Morgan fingerprint density at radius 3 is 2.93 bits per heavy atom. The Morgan fingerprint density at radius 2 is 2.07 bits per heavy atom. The Balaban J connectivity index is 1.43. The molecule has 0 saturated carbocycles. The second-order valence-corrected chi connectivity index (χ2v) is 7.97. The summed E-state index contributed by atoms with van der Waals surface area (Å²) in [6.07, 6.45) is 3.45. The largest absolute Gasteiger partial charge is 0.369 e. The monoisotopic (exact) mass is 409 g/mol. The van der Waals surface area contributed by atoms with Gasteiger partial charge in [0, 0.05) is 30.0 Å². The molecule has 2 heterocycles. The van der Waals surface area contributed by atoms with Crippen LogP contribution in [0.2, 0.25) is 5.02 Å².